The lowest BCUT2D eigenvalue weighted by Crippen LogP contribution is -2.38. The molecule has 3 radical (unpaired) electrons. The predicted octanol–water partition coefficient (Wildman–Crippen LogP) is -0.470. The lowest BCUT2D eigenvalue weighted by Gasteiger charge is -2.29. The Morgan fingerprint density at radius 3 is 2.04 bits per heavy atom. The molecule has 0 atom stereocenters. The molecular weight excluding hydrogens is 322 g/mol. The maximum absolute atomic E-state index is 14.3. The molecule has 2 aromatic heterocycles. The van der Waals surface area contributed by atoms with Crippen LogP contribution in [0.3, 0.4) is 0 Å². The summed E-state index contributed by atoms with van der Waals surface area (Å²) in [7, 11) is 3.06. The van der Waals surface area contributed by atoms with Gasteiger partial charge in [0.05, 0.1) is 23.3 Å². The van der Waals surface area contributed by atoms with Crippen LogP contribution in [0.25, 0.3) is 0 Å². The Hall–Kier alpha value is -2.46. The van der Waals surface area contributed by atoms with E-state index in [0.29, 0.717) is 6.07 Å². The third-order valence-electron chi connectivity index (χ3n) is 3.34. The lowest BCUT2D eigenvalue weighted by atomic mass is 9.93. The summed E-state index contributed by atoms with van der Waals surface area (Å²) in [5.74, 6) is -1.63. The SMILES string of the molecule is OC(Cn1cncn1)(Cn1cncn1)c1cc([Si])c(F)cc1F. The van der Waals surface area contributed by atoms with Crippen LogP contribution in [0.4, 0.5) is 8.78 Å². The van der Waals surface area contributed by atoms with Crippen molar-refractivity contribution in [3.63, 3.8) is 0 Å². The molecule has 0 fully saturated rings. The molecule has 117 valence electrons. The number of hydrogen-bond acceptors (Lipinski definition) is 5. The molecule has 0 aliphatic carbocycles. The Bertz CT molecular complexity index is 757. The van der Waals surface area contributed by atoms with E-state index in [1.165, 1.54) is 40.7 Å². The largest absolute Gasteiger partial charge is 0.381 e. The van der Waals surface area contributed by atoms with E-state index in [-0.39, 0.29) is 23.8 Å². The summed E-state index contributed by atoms with van der Waals surface area (Å²) >= 11 is 0. The van der Waals surface area contributed by atoms with Crippen LogP contribution in [0.2, 0.25) is 0 Å². The number of hydrogen-bond donors (Lipinski definition) is 1. The first-order chi connectivity index (χ1) is 11.0. The molecule has 0 spiro atoms. The molecule has 7 nitrogen and oxygen atoms in total. The second-order valence-electron chi connectivity index (χ2n) is 5.03. The summed E-state index contributed by atoms with van der Waals surface area (Å²) in [5, 5.41) is 18.9. The summed E-state index contributed by atoms with van der Waals surface area (Å²) < 4.78 is 30.5. The monoisotopic (exact) mass is 333 g/mol. The molecule has 0 unspecified atom stereocenters. The molecule has 1 N–H and O–H groups in total. The van der Waals surface area contributed by atoms with Crippen molar-refractivity contribution in [2.45, 2.75) is 18.7 Å². The Labute approximate surface area is 133 Å². The minimum absolute atomic E-state index is 0.0389. The average molecular weight is 333 g/mol. The van der Waals surface area contributed by atoms with Crippen LogP contribution in [0.15, 0.2) is 37.4 Å². The molecule has 10 heteroatoms. The maximum Gasteiger partial charge on any atom is 0.137 e. The van der Waals surface area contributed by atoms with Crippen LogP contribution in [-0.4, -0.2) is 44.9 Å². The van der Waals surface area contributed by atoms with Crippen LogP contribution in [0.1, 0.15) is 5.56 Å². The van der Waals surface area contributed by atoms with Crippen molar-refractivity contribution in [1.29, 1.82) is 0 Å². The minimum atomic E-state index is -1.74. The molecular formula is C13H11F2N6OSi. The zero-order valence-electron chi connectivity index (χ0n) is 11.8. The van der Waals surface area contributed by atoms with Gasteiger partial charge >= 0.3 is 0 Å². The Morgan fingerprint density at radius 2 is 1.57 bits per heavy atom. The van der Waals surface area contributed by atoms with Gasteiger partial charge in [0.2, 0.25) is 0 Å². The summed E-state index contributed by atoms with van der Waals surface area (Å²) in [5.41, 5.74) is -1.82. The van der Waals surface area contributed by atoms with E-state index in [9.17, 15) is 13.9 Å². The zero-order chi connectivity index (χ0) is 16.4. The molecule has 1 aromatic carbocycles. The van der Waals surface area contributed by atoms with Gasteiger partial charge in [0, 0.05) is 11.6 Å². The fourth-order valence-corrected chi connectivity index (χ4v) is 2.51. The van der Waals surface area contributed by atoms with Crippen molar-refractivity contribution in [2.24, 2.45) is 0 Å². The molecule has 0 amide bonds. The fourth-order valence-electron chi connectivity index (χ4n) is 2.29. The Morgan fingerprint density at radius 1 is 1.00 bits per heavy atom. The topological polar surface area (TPSA) is 81.6 Å². The minimum Gasteiger partial charge on any atom is -0.381 e. The van der Waals surface area contributed by atoms with Gasteiger partial charge in [-0.1, -0.05) is 6.07 Å². The molecule has 3 rings (SSSR count). The van der Waals surface area contributed by atoms with Gasteiger partial charge < -0.3 is 5.11 Å². The van der Waals surface area contributed by atoms with Crippen LogP contribution in [0.5, 0.6) is 0 Å². The van der Waals surface area contributed by atoms with Crippen molar-refractivity contribution in [3.05, 3.63) is 54.6 Å². The number of aliphatic hydroxyl groups is 1. The number of halogens is 2. The van der Waals surface area contributed by atoms with Gasteiger partial charge in [0.15, 0.2) is 0 Å². The second kappa shape index (κ2) is 5.97. The number of nitrogens with zero attached hydrogens (tertiary/aromatic N) is 6. The molecule has 0 bridgehead atoms. The Balaban J connectivity index is 2.05. The van der Waals surface area contributed by atoms with E-state index < -0.39 is 17.2 Å². The highest BCUT2D eigenvalue weighted by Crippen LogP contribution is 2.27. The van der Waals surface area contributed by atoms with Crippen LogP contribution >= 0.6 is 0 Å². The second-order valence-corrected chi connectivity index (χ2v) is 5.57. The van der Waals surface area contributed by atoms with Crippen molar-refractivity contribution in [3.8, 4) is 0 Å². The van der Waals surface area contributed by atoms with Crippen LogP contribution in [0, 0.1) is 11.6 Å². The average Bonchev–Trinajstić information content (AvgIpc) is 3.16. The molecule has 3 aromatic rings. The van der Waals surface area contributed by atoms with E-state index >= 15 is 0 Å². The van der Waals surface area contributed by atoms with Crippen LogP contribution < -0.4 is 5.19 Å². The number of benzene rings is 1. The Kier molecular flexibility index (Phi) is 4.01. The lowest BCUT2D eigenvalue weighted by molar-refractivity contribution is -0.00847. The highest BCUT2D eigenvalue weighted by atomic mass is 28.1. The molecule has 23 heavy (non-hydrogen) atoms. The predicted molar refractivity (Wildman–Crippen MR) is 75.7 cm³/mol. The van der Waals surface area contributed by atoms with E-state index in [1.807, 2.05) is 0 Å². The maximum atomic E-state index is 14.3. The smallest absolute Gasteiger partial charge is 0.137 e. The van der Waals surface area contributed by atoms with Gasteiger partial charge in [-0.25, -0.2) is 28.1 Å². The van der Waals surface area contributed by atoms with E-state index in [1.54, 1.807) is 0 Å². The highest BCUT2D eigenvalue weighted by molar-refractivity contribution is 6.32. The van der Waals surface area contributed by atoms with Crippen LogP contribution in [-0.2, 0) is 18.7 Å². The fraction of sp³-hybridized carbons (Fsp3) is 0.231. The third-order valence-corrected chi connectivity index (χ3v) is 3.72. The van der Waals surface area contributed by atoms with Gasteiger partial charge in [-0.2, -0.15) is 10.2 Å². The first-order valence-electron chi connectivity index (χ1n) is 6.56. The summed E-state index contributed by atoms with van der Waals surface area (Å²) in [6.07, 6.45) is 5.38. The molecule has 0 saturated heterocycles. The molecule has 0 aliphatic heterocycles. The summed E-state index contributed by atoms with van der Waals surface area (Å²) in [4.78, 5) is 7.59. The van der Waals surface area contributed by atoms with Gasteiger partial charge in [0.25, 0.3) is 0 Å². The number of rotatable bonds is 5. The van der Waals surface area contributed by atoms with Crippen molar-refractivity contribution < 1.29 is 13.9 Å². The van der Waals surface area contributed by atoms with Crippen molar-refractivity contribution in [1.82, 2.24) is 29.5 Å². The van der Waals surface area contributed by atoms with Gasteiger partial charge in [-0.3, -0.25) is 0 Å². The molecule has 0 saturated carbocycles. The van der Waals surface area contributed by atoms with Gasteiger partial charge in [-0.05, 0) is 5.19 Å². The molecule has 2 heterocycles. The standard InChI is InChI=1S/C13H11F2N6OSi/c14-10-2-11(15)12(23)1-9(10)13(22,3-20-7-16-5-18-20)4-21-8-17-6-19-21/h1-2,5-8,22H,3-4H2. The number of aromatic nitrogens is 6. The normalized spacial score (nSPS) is 11.8. The first-order valence-corrected chi connectivity index (χ1v) is 7.06. The summed E-state index contributed by atoms with van der Waals surface area (Å²) in [6, 6.07) is 1.92. The van der Waals surface area contributed by atoms with E-state index in [4.69, 9.17) is 0 Å². The van der Waals surface area contributed by atoms with E-state index in [2.05, 4.69) is 30.4 Å². The third kappa shape index (κ3) is 3.17. The van der Waals surface area contributed by atoms with Crippen molar-refractivity contribution in [2.75, 3.05) is 0 Å². The van der Waals surface area contributed by atoms with Gasteiger partial charge in [-0.15, -0.1) is 0 Å². The van der Waals surface area contributed by atoms with Gasteiger partial charge in [0.1, 0.15) is 42.5 Å². The van der Waals surface area contributed by atoms with E-state index in [0.717, 1.165) is 0 Å². The van der Waals surface area contributed by atoms with Crippen molar-refractivity contribution >= 4 is 15.4 Å². The summed E-state index contributed by atoms with van der Waals surface area (Å²) in [6.45, 7) is -0.192. The molecule has 0 aliphatic rings. The highest BCUT2D eigenvalue weighted by Gasteiger charge is 2.35. The first kappa shape index (κ1) is 15.4. The zero-order valence-corrected chi connectivity index (χ0v) is 12.8. The quantitative estimate of drug-likeness (QED) is 0.639.